The number of nitrogens with zero attached hydrogens (tertiary/aromatic N) is 3. The molecule has 1 saturated carbocycles. The van der Waals surface area contributed by atoms with Crippen molar-refractivity contribution < 1.29 is 4.79 Å². The first-order valence-corrected chi connectivity index (χ1v) is 11.6. The second-order valence-corrected chi connectivity index (χ2v) is 9.21. The van der Waals surface area contributed by atoms with Crippen LogP contribution in [0.25, 0.3) is 10.6 Å². The second kappa shape index (κ2) is 9.29. The Morgan fingerprint density at radius 1 is 1.22 bits per heavy atom. The number of carbonyl (C=O) groups excluding carboxylic acids is 1. The molecule has 32 heavy (non-hydrogen) atoms. The molecule has 2 aromatic heterocycles. The molecule has 3 unspecified atom stereocenters. The van der Waals surface area contributed by atoms with Crippen LogP contribution in [0.3, 0.4) is 0 Å². The molecule has 2 aliphatic rings. The lowest BCUT2D eigenvalue weighted by molar-refractivity contribution is 0.102. The number of hydrogen-bond donors (Lipinski definition) is 5. The number of benzene rings is 1. The highest BCUT2D eigenvalue weighted by Crippen LogP contribution is 2.32. The number of nitrogens with two attached hydrogens (primary N) is 1. The van der Waals surface area contributed by atoms with E-state index in [1.807, 2.05) is 24.3 Å². The summed E-state index contributed by atoms with van der Waals surface area (Å²) in [6.45, 7) is 1.37. The van der Waals surface area contributed by atoms with E-state index in [2.05, 4.69) is 36.7 Å². The van der Waals surface area contributed by atoms with Gasteiger partial charge >= 0.3 is 0 Å². The van der Waals surface area contributed by atoms with Crippen LogP contribution in [-0.2, 0) is 6.54 Å². The number of hydrazine groups is 1. The molecule has 1 aliphatic heterocycles. The predicted octanol–water partition coefficient (Wildman–Crippen LogP) is 2.37. The number of anilines is 2. The number of aromatic nitrogens is 3. The average molecular weight is 451 g/mol. The van der Waals surface area contributed by atoms with E-state index in [1.165, 1.54) is 17.5 Å². The number of rotatable bonds is 6. The fourth-order valence-corrected chi connectivity index (χ4v) is 5.13. The van der Waals surface area contributed by atoms with Gasteiger partial charge in [-0.25, -0.2) is 0 Å². The van der Waals surface area contributed by atoms with E-state index in [4.69, 9.17) is 5.73 Å². The Hall–Kier alpha value is -2.92. The van der Waals surface area contributed by atoms with E-state index in [0.717, 1.165) is 47.2 Å². The fraction of sp³-hybridized carbons (Fsp3) is 0.364. The molecule has 1 aliphatic carbocycles. The number of pyridine rings is 1. The first-order valence-electron chi connectivity index (χ1n) is 10.8. The highest BCUT2D eigenvalue weighted by atomic mass is 32.1. The Kier molecular flexibility index (Phi) is 6.08. The summed E-state index contributed by atoms with van der Waals surface area (Å²) in [5.41, 5.74) is 15.0. The van der Waals surface area contributed by atoms with Crippen LogP contribution in [-0.4, -0.2) is 39.7 Å². The number of amides is 1. The molecule has 1 saturated heterocycles. The van der Waals surface area contributed by atoms with Gasteiger partial charge in [-0.1, -0.05) is 23.5 Å². The van der Waals surface area contributed by atoms with Gasteiger partial charge in [-0.3, -0.25) is 20.6 Å². The Bertz CT molecular complexity index is 1090. The van der Waals surface area contributed by atoms with Crippen LogP contribution < -0.4 is 27.2 Å². The van der Waals surface area contributed by atoms with Crippen LogP contribution >= 0.6 is 11.3 Å². The fourth-order valence-electron chi connectivity index (χ4n) is 4.32. The van der Waals surface area contributed by atoms with E-state index >= 15 is 0 Å². The second-order valence-electron chi connectivity index (χ2n) is 8.24. The molecule has 0 spiro atoms. The maximum absolute atomic E-state index is 12.5. The summed E-state index contributed by atoms with van der Waals surface area (Å²) in [5, 5.41) is 16.8. The van der Waals surface area contributed by atoms with Crippen molar-refractivity contribution in [1.29, 1.82) is 0 Å². The van der Waals surface area contributed by atoms with Crippen molar-refractivity contribution in [3.63, 3.8) is 0 Å². The Morgan fingerprint density at radius 2 is 2.16 bits per heavy atom. The molecule has 3 atom stereocenters. The number of carbonyl (C=O) groups is 1. The Balaban J connectivity index is 1.23. The van der Waals surface area contributed by atoms with Crippen molar-refractivity contribution in [2.75, 3.05) is 17.2 Å². The van der Waals surface area contributed by atoms with Gasteiger partial charge in [0, 0.05) is 42.6 Å². The lowest BCUT2D eigenvalue weighted by Gasteiger charge is -2.30. The summed E-state index contributed by atoms with van der Waals surface area (Å²) in [4.78, 5) is 16.7. The van der Waals surface area contributed by atoms with Gasteiger partial charge in [-0.2, -0.15) is 0 Å². The van der Waals surface area contributed by atoms with Crippen molar-refractivity contribution >= 4 is 28.1 Å². The van der Waals surface area contributed by atoms with Gasteiger partial charge in [0.2, 0.25) is 5.13 Å². The van der Waals surface area contributed by atoms with E-state index in [9.17, 15) is 4.79 Å². The van der Waals surface area contributed by atoms with Gasteiger partial charge in [-0.15, -0.1) is 10.2 Å². The zero-order valence-corrected chi connectivity index (χ0v) is 18.4. The first kappa shape index (κ1) is 21.0. The third kappa shape index (κ3) is 4.63. The minimum absolute atomic E-state index is 0.218. The molecule has 5 rings (SSSR count). The predicted molar refractivity (Wildman–Crippen MR) is 125 cm³/mol. The number of nitrogens with one attached hydrogen (secondary N) is 4. The highest BCUT2D eigenvalue weighted by Gasteiger charge is 2.34. The SMILES string of the molecule is NCc1ccc(C(=O)Nc2cccc(-c3nnc(NC4CCC5NNCC5C4)s3)c2)cn1. The lowest BCUT2D eigenvalue weighted by atomic mass is 9.83. The van der Waals surface area contributed by atoms with Crippen LogP contribution in [0.2, 0.25) is 0 Å². The minimum atomic E-state index is -0.218. The van der Waals surface area contributed by atoms with Gasteiger partial charge in [0.05, 0.1) is 11.3 Å². The summed E-state index contributed by atoms with van der Waals surface area (Å²) < 4.78 is 0. The molecule has 2 fully saturated rings. The zero-order chi connectivity index (χ0) is 21.9. The van der Waals surface area contributed by atoms with E-state index in [0.29, 0.717) is 35.8 Å². The van der Waals surface area contributed by atoms with E-state index < -0.39 is 0 Å². The van der Waals surface area contributed by atoms with E-state index in [-0.39, 0.29) is 5.91 Å². The Morgan fingerprint density at radius 3 is 3.00 bits per heavy atom. The summed E-state index contributed by atoms with van der Waals surface area (Å²) >= 11 is 1.53. The van der Waals surface area contributed by atoms with Crippen molar-refractivity contribution in [2.45, 2.75) is 37.9 Å². The summed E-state index contributed by atoms with van der Waals surface area (Å²) in [6.07, 6.45) is 4.94. The van der Waals surface area contributed by atoms with Crippen LogP contribution in [0.15, 0.2) is 42.6 Å². The van der Waals surface area contributed by atoms with Gasteiger partial charge in [0.1, 0.15) is 5.01 Å². The molecule has 1 amide bonds. The van der Waals surface area contributed by atoms with Gasteiger partial charge in [0.25, 0.3) is 5.91 Å². The van der Waals surface area contributed by atoms with Gasteiger partial charge < -0.3 is 16.4 Å². The smallest absolute Gasteiger partial charge is 0.257 e. The molecule has 0 bridgehead atoms. The normalized spacial score (nSPS) is 22.3. The molecular weight excluding hydrogens is 424 g/mol. The maximum atomic E-state index is 12.5. The standard InChI is InChI=1S/C22H26N8OS/c23-10-18-5-4-14(11-24-18)20(31)26-16-3-1-2-13(8-16)21-29-30-22(32-21)27-17-6-7-19-15(9-17)12-25-28-19/h1-5,8,11,15,17,19,25,28H,6-7,9-10,12,23H2,(H,26,31)(H,27,30). The van der Waals surface area contributed by atoms with Crippen molar-refractivity contribution in [2.24, 2.45) is 11.7 Å². The molecule has 0 radical (unpaired) electrons. The molecule has 3 aromatic rings. The third-order valence-corrected chi connectivity index (χ3v) is 6.95. The van der Waals surface area contributed by atoms with E-state index in [1.54, 1.807) is 12.1 Å². The highest BCUT2D eigenvalue weighted by molar-refractivity contribution is 7.18. The molecule has 166 valence electrons. The molecule has 6 N–H and O–H groups in total. The summed E-state index contributed by atoms with van der Waals surface area (Å²) in [5.74, 6) is 0.444. The van der Waals surface area contributed by atoms with Crippen LogP contribution in [0.5, 0.6) is 0 Å². The topological polar surface area (TPSA) is 130 Å². The van der Waals surface area contributed by atoms with Crippen molar-refractivity contribution in [3.05, 3.63) is 53.9 Å². The number of hydrogen-bond acceptors (Lipinski definition) is 9. The van der Waals surface area contributed by atoms with Crippen molar-refractivity contribution in [3.8, 4) is 10.6 Å². The molecule has 1 aromatic carbocycles. The molecule has 3 heterocycles. The van der Waals surface area contributed by atoms with Gasteiger partial charge in [0.15, 0.2) is 0 Å². The quantitative estimate of drug-likeness (QED) is 0.387. The number of fused-ring (bicyclic) bond motifs is 1. The third-order valence-electron chi connectivity index (χ3n) is 6.05. The van der Waals surface area contributed by atoms with Crippen LogP contribution in [0.1, 0.15) is 35.3 Å². The van der Waals surface area contributed by atoms with Crippen LogP contribution in [0.4, 0.5) is 10.8 Å². The van der Waals surface area contributed by atoms with Gasteiger partial charge in [-0.05, 0) is 49.4 Å². The molecule has 10 heteroatoms. The first-order chi connectivity index (χ1) is 15.7. The maximum Gasteiger partial charge on any atom is 0.257 e. The average Bonchev–Trinajstić information content (AvgIpc) is 3.48. The molecule has 9 nitrogen and oxygen atoms in total. The summed E-state index contributed by atoms with van der Waals surface area (Å²) in [6, 6.07) is 12.1. The summed E-state index contributed by atoms with van der Waals surface area (Å²) in [7, 11) is 0. The zero-order valence-electron chi connectivity index (χ0n) is 17.5. The van der Waals surface area contributed by atoms with Crippen molar-refractivity contribution in [1.82, 2.24) is 26.0 Å². The minimum Gasteiger partial charge on any atom is -0.357 e. The Labute approximate surface area is 190 Å². The van der Waals surface area contributed by atoms with Crippen LogP contribution in [0, 0.1) is 5.92 Å². The largest absolute Gasteiger partial charge is 0.357 e. The lowest BCUT2D eigenvalue weighted by Crippen LogP contribution is -2.39. The molecular formula is C22H26N8OS. The monoisotopic (exact) mass is 450 g/mol.